The third kappa shape index (κ3) is 3.91. The molecule has 0 amide bonds. The number of allylic oxidation sites excluding steroid dienone is 1. The largest absolute Gasteiger partial charge is 0.487 e. The van der Waals surface area contributed by atoms with Crippen molar-refractivity contribution in [2.75, 3.05) is 7.05 Å². The van der Waals surface area contributed by atoms with Crippen LogP contribution in [0.25, 0.3) is 6.08 Å². The van der Waals surface area contributed by atoms with E-state index < -0.39 is 0 Å². The van der Waals surface area contributed by atoms with E-state index in [4.69, 9.17) is 4.74 Å². The minimum Gasteiger partial charge on any atom is -0.487 e. The van der Waals surface area contributed by atoms with Crippen molar-refractivity contribution in [2.45, 2.75) is 20.1 Å². The molecule has 0 radical (unpaired) electrons. The van der Waals surface area contributed by atoms with Crippen LogP contribution in [0.1, 0.15) is 23.2 Å². The molecule has 0 saturated carbocycles. The molecular weight excluding hydrogens is 256 g/mol. The first kappa shape index (κ1) is 13.8. The fourth-order valence-electron chi connectivity index (χ4n) is 1.73. The van der Waals surface area contributed by atoms with Gasteiger partial charge in [-0.25, -0.2) is 4.98 Å². The summed E-state index contributed by atoms with van der Waals surface area (Å²) in [6.07, 6.45) is 4.05. The van der Waals surface area contributed by atoms with Crippen molar-refractivity contribution in [3.8, 4) is 5.75 Å². The van der Waals surface area contributed by atoms with Crippen molar-refractivity contribution in [1.82, 2.24) is 10.3 Å². The van der Waals surface area contributed by atoms with E-state index in [1.54, 1.807) is 11.3 Å². The van der Waals surface area contributed by atoms with Crippen molar-refractivity contribution >= 4 is 17.4 Å². The lowest BCUT2D eigenvalue weighted by Gasteiger charge is -2.07. The van der Waals surface area contributed by atoms with Gasteiger partial charge in [-0.1, -0.05) is 30.4 Å². The summed E-state index contributed by atoms with van der Waals surface area (Å²) in [5.74, 6) is 0.892. The second-order valence-electron chi connectivity index (χ2n) is 4.09. The van der Waals surface area contributed by atoms with Gasteiger partial charge in [-0.2, -0.15) is 0 Å². The molecule has 1 N–H and O–H groups in total. The molecule has 2 aromatic rings. The van der Waals surface area contributed by atoms with Crippen LogP contribution >= 0.6 is 11.3 Å². The standard InChI is InChI=1S/C15H18N2OS/c1-3-6-12-7-4-5-8-14(12)18-10-13-11-19-15(17-13)9-16-2/h3-8,11,16H,9-10H2,1-2H3. The molecule has 4 heteroatoms. The van der Waals surface area contributed by atoms with Crippen molar-refractivity contribution < 1.29 is 4.74 Å². The van der Waals surface area contributed by atoms with E-state index in [1.807, 2.05) is 55.8 Å². The highest BCUT2D eigenvalue weighted by Gasteiger charge is 2.04. The van der Waals surface area contributed by atoms with Crippen LogP contribution in [0.15, 0.2) is 35.7 Å². The highest BCUT2D eigenvalue weighted by molar-refractivity contribution is 7.09. The molecule has 3 nitrogen and oxygen atoms in total. The molecule has 0 bridgehead atoms. The first-order chi connectivity index (χ1) is 9.33. The average molecular weight is 274 g/mol. The topological polar surface area (TPSA) is 34.1 Å². The quantitative estimate of drug-likeness (QED) is 0.875. The molecule has 0 aliphatic heterocycles. The van der Waals surface area contributed by atoms with E-state index >= 15 is 0 Å². The lowest BCUT2D eigenvalue weighted by Crippen LogP contribution is -2.05. The van der Waals surface area contributed by atoms with Gasteiger partial charge in [0, 0.05) is 17.5 Å². The summed E-state index contributed by atoms with van der Waals surface area (Å²) in [7, 11) is 1.92. The number of aromatic nitrogens is 1. The fourth-order valence-corrected chi connectivity index (χ4v) is 2.52. The van der Waals surface area contributed by atoms with E-state index in [0.29, 0.717) is 6.61 Å². The fraction of sp³-hybridized carbons (Fsp3) is 0.267. The van der Waals surface area contributed by atoms with Crippen molar-refractivity contribution in [1.29, 1.82) is 0 Å². The Kier molecular flexibility index (Phi) is 5.12. The maximum Gasteiger partial charge on any atom is 0.131 e. The lowest BCUT2D eigenvalue weighted by molar-refractivity contribution is 0.301. The van der Waals surface area contributed by atoms with Gasteiger partial charge in [0.25, 0.3) is 0 Å². The number of benzene rings is 1. The molecule has 2 rings (SSSR count). The van der Waals surface area contributed by atoms with Crippen LogP contribution in [0, 0.1) is 0 Å². The summed E-state index contributed by atoms with van der Waals surface area (Å²) < 4.78 is 5.84. The average Bonchev–Trinajstić information content (AvgIpc) is 2.86. The molecule has 0 aliphatic rings. The van der Waals surface area contributed by atoms with E-state index in [1.165, 1.54) is 0 Å². The minimum atomic E-state index is 0.509. The summed E-state index contributed by atoms with van der Waals surface area (Å²) in [6, 6.07) is 8.02. The molecule has 100 valence electrons. The second-order valence-corrected chi connectivity index (χ2v) is 5.03. The molecule has 0 unspecified atom stereocenters. The van der Waals surface area contributed by atoms with Gasteiger partial charge in [0.05, 0.1) is 5.69 Å². The molecule has 0 atom stereocenters. The van der Waals surface area contributed by atoms with Gasteiger partial charge < -0.3 is 10.1 Å². The predicted octanol–water partition coefficient (Wildman–Crippen LogP) is 3.47. The van der Waals surface area contributed by atoms with Crippen LogP contribution in [0.4, 0.5) is 0 Å². The number of ether oxygens (including phenoxy) is 1. The molecule has 1 heterocycles. The first-order valence-corrected chi connectivity index (χ1v) is 7.14. The summed E-state index contributed by atoms with van der Waals surface area (Å²) in [5, 5.41) is 6.23. The second kappa shape index (κ2) is 7.07. The first-order valence-electron chi connectivity index (χ1n) is 6.26. The molecule has 0 spiro atoms. The Balaban J connectivity index is 2.01. The highest BCUT2D eigenvalue weighted by atomic mass is 32.1. The van der Waals surface area contributed by atoms with Gasteiger partial charge in [-0.15, -0.1) is 11.3 Å². The zero-order valence-electron chi connectivity index (χ0n) is 11.2. The Morgan fingerprint density at radius 2 is 2.21 bits per heavy atom. The van der Waals surface area contributed by atoms with Crippen molar-refractivity contribution in [3.05, 3.63) is 52.0 Å². The molecule has 0 aliphatic carbocycles. The maximum atomic E-state index is 5.84. The van der Waals surface area contributed by atoms with Gasteiger partial charge in [-0.3, -0.25) is 0 Å². The SMILES string of the molecule is CC=Cc1ccccc1OCc1csc(CNC)n1. The molecule has 19 heavy (non-hydrogen) atoms. The predicted molar refractivity (Wildman–Crippen MR) is 80.4 cm³/mol. The monoisotopic (exact) mass is 274 g/mol. The number of rotatable bonds is 6. The van der Waals surface area contributed by atoms with Crippen LogP contribution in [0.2, 0.25) is 0 Å². The van der Waals surface area contributed by atoms with Crippen LogP contribution < -0.4 is 10.1 Å². The maximum absolute atomic E-state index is 5.84. The third-order valence-corrected chi connectivity index (χ3v) is 3.47. The molecule has 1 aromatic heterocycles. The number of thiazole rings is 1. The zero-order valence-corrected chi connectivity index (χ0v) is 12.0. The molecule has 0 saturated heterocycles. The number of nitrogens with zero attached hydrogens (tertiary/aromatic N) is 1. The van der Waals surface area contributed by atoms with Gasteiger partial charge >= 0.3 is 0 Å². The van der Waals surface area contributed by atoms with Crippen LogP contribution in [-0.4, -0.2) is 12.0 Å². The van der Waals surface area contributed by atoms with Gasteiger partial charge in [0.1, 0.15) is 17.4 Å². The van der Waals surface area contributed by atoms with Gasteiger partial charge in [0.15, 0.2) is 0 Å². The van der Waals surface area contributed by atoms with Gasteiger partial charge in [0.2, 0.25) is 0 Å². The Hall–Kier alpha value is -1.65. The van der Waals surface area contributed by atoms with Crippen LogP contribution in [-0.2, 0) is 13.2 Å². The van der Waals surface area contributed by atoms with Crippen LogP contribution in [0.3, 0.4) is 0 Å². The zero-order chi connectivity index (χ0) is 13.5. The number of nitrogens with one attached hydrogen (secondary N) is 1. The van der Waals surface area contributed by atoms with Crippen LogP contribution in [0.5, 0.6) is 5.75 Å². The number of para-hydroxylation sites is 1. The summed E-state index contributed by atoms with van der Waals surface area (Å²) in [4.78, 5) is 4.50. The minimum absolute atomic E-state index is 0.509. The normalized spacial score (nSPS) is 11.1. The summed E-state index contributed by atoms with van der Waals surface area (Å²) >= 11 is 1.66. The smallest absolute Gasteiger partial charge is 0.131 e. The van der Waals surface area contributed by atoms with Crippen molar-refractivity contribution in [3.63, 3.8) is 0 Å². The Morgan fingerprint density at radius 3 is 3.00 bits per heavy atom. The Labute approximate surface area is 118 Å². The van der Waals surface area contributed by atoms with E-state index in [9.17, 15) is 0 Å². The molecule has 1 aromatic carbocycles. The number of hydrogen-bond acceptors (Lipinski definition) is 4. The molecular formula is C15H18N2OS. The van der Waals surface area contributed by atoms with Crippen molar-refractivity contribution in [2.24, 2.45) is 0 Å². The van der Waals surface area contributed by atoms with E-state index in [2.05, 4.69) is 10.3 Å². The molecule has 0 fully saturated rings. The van der Waals surface area contributed by atoms with E-state index in [0.717, 1.165) is 28.6 Å². The highest BCUT2D eigenvalue weighted by Crippen LogP contribution is 2.21. The third-order valence-electron chi connectivity index (χ3n) is 2.57. The Bertz CT molecular complexity index is 549. The number of hydrogen-bond donors (Lipinski definition) is 1. The summed E-state index contributed by atoms with van der Waals surface area (Å²) in [6.45, 7) is 3.32. The summed E-state index contributed by atoms with van der Waals surface area (Å²) in [5.41, 5.74) is 2.07. The van der Waals surface area contributed by atoms with Gasteiger partial charge in [-0.05, 0) is 20.0 Å². The Morgan fingerprint density at radius 1 is 1.37 bits per heavy atom. The van der Waals surface area contributed by atoms with E-state index in [-0.39, 0.29) is 0 Å². The lowest BCUT2D eigenvalue weighted by atomic mass is 10.2.